The SMILES string of the molecule is CNc1cc(Nc2cc(F)cc3c2OCCO3)nc2c(NC(C)=O)cnn12. The van der Waals surface area contributed by atoms with Crippen LogP contribution in [0.3, 0.4) is 0 Å². The summed E-state index contributed by atoms with van der Waals surface area (Å²) in [7, 11) is 1.74. The van der Waals surface area contributed by atoms with Gasteiger partial charge in [-0.05, 0) is 0 Å². The van der Waals surface area contributed by atoms with Crippen molar-refractivity contribution >= 4 is 34.6 Å². The van der Waals surface area contributed by atoms with E-state index in [-0.39, 0.29) is 5.91 Å². The second-order valence-electron chi connectivity index (χ2n) is 5.85. The average Bonchev–Trinajstić information content (AvgIpc) is 3.03. The van der Waals surface area contributed by atoms with Crippen molar-refractivity contribution in [2.45, 2.75) is 6.92 Å². The minimum absolute atomic E-state index is 0.235. The number of benzene rings is 1. The number of nitrogens with one attached hydrogen (secondary N) is 3. The summed E-state index contributed by atoms with van der Waals surface area (Å²) in [5.74, 6) is 1.11. The van der Waals surface area contributed by atoms with Gasteiger partial charge in [-0.2, -0.15) is 9.61 Å². The van der Waals surface area contributed by atoms with Gasteiger partial charge in [-0.3, -0.25) is 4.79 Å². The molecule has 0 atom stereocenters. The summed E-state index contributed by atoms with van der Waals surface area (Å²) in [6.45, 7) is 2.14. The molecule has 10 heteroatoms. The van der Waals surface area contributed by atoms with Gasteiger partial charge >= 0.3 is 0 Å². The molecule has 140 valence electrons. The van der Waals surface area contributed by atoms with Gasteiger partial charge < -0.3 is 25.4 Å². The van der Waals surface area contributed by atoms with E-state index in [1.54, 1.807) is 17.6 Å². The number of hydrogen-bond acceptors (Lipinski definition) is 7. The minimum atomic E-state index is -0.458. The monoisotopic (exact) mass is 372 g/mol. The first-order chi connectivity index (χ1) is 13.0. The Morgan fingerprint density at radius 1 is 1.22 bits per heavy atom. The topological polar surface area (TPSA) is 102 Å². The number of hydrogen-bond donors (Lipinski definition) is 3. The lowest BCUT2D eigenvalue weighted by molar-refractivity contribution is -0.114. The number of carbonyl (C=O) groups excluding carboxylic acids is 1. The average molecular weight is 372 g/mol. The molecule has 0 spiro atoms. The van der Waals surface area contributed by atoms with Crippen LogP contribution in [0, 0.1) is 5.82 Å². The maximum absolute atomic E-state index is 13.9. The van der Waals surface area contributed by atoms with Gasteiger partial charge in [-0.25, -0.2) is 9.37 Å². The minimum Gasteiger partial charge on any atom is -0.486 e. The fraction of sp³-hybridized carbons (Fsp3) is 0.235. The second kappa shape index (κ2) is 6.63. The highest BCUT2D eigenvalue weighted by Gasteiger charge is 2.19. The molecule has 0 bridgehead atoms. The molecule has 27 heavy (non-hydrogen) atoms. The normalized spacial score (nSPS) is 12.7. The van der Waals surface area contributed by atoms with E-state index in [9.17, 15) is 9.18 Å². The molecule has 0 aliphatic carbocycles. The summed E-state index contributed by atoms with van der Waals surface area (Å²) in [5.41, 5.74) is 1.29. The first kappa shape index (κ1) is 16.9. The third-order valence-corrected chi connectivity index (χ3v) is 3.91. The van der Waals surface area contributed by atoms with Crippen LogP contribution in [0.5, 0.6) is 11.5 Å². The molecule has 2 aromatic heterocycles. The zero-order chi connectivity index (χ0) is 19.0. The quantitative estimate of drug-likeness (QED) is 0.646. The third kappa shape index (κ3) is 3.16. The number of fused-ring (bicyclic) bond motifs is 2. The van der Waals surface area contributed by atoms with Crippen molar-refractivity contribution in [3.05, 3.63) is 30.2 Å². The van der Waals surface area contributed by atoms with Crippen LogP contribution in [0.4, 0.5) is 27.4 Å². The van der Waals surface area contributed by atoms with Gasteiger partial charge in [0.2, 0.25) is 5.91 Å². The number of carbonyl (C=O) groups is 1. The fourth-order valence-corrected chi connectivity index (χ4v) is 2.83. The standard InChI is InChI=1S/C17H17FN6O3/c1-9(25)21-12-8-20-24-15(19-2)7-14(23-17(12)24)22-11-5-10(18)6-13-16(11)27-4-3-26-13/h5-8,19H,3-4H2,1-2H3,(H,21,25)(H,22,23). The Kier molecular flexibility index (Phi) is 4.15. The predicted molar refractivity (Wildman–Crippen MR) is 97.5 cm³/mol. The first-order valence-corrected chi connectivity index (χ1v) is 8.25. The van der Waals surface area contributed by atoms with Crippen LogP contribution >= 0.6 is 0 Å². The Balaban J connectivity index is 1.78. The van der Waals surface area contributed by atoms with E-state index in [0.29, 0.717) is 53.4 Å². The highest BCUT2D eigenvalue weighted by Crippen LogP contribution is 2.40. The van der Waals surface area contributed by atoms with Crippen LogP contribution in [-0.4, -0.2) is 40.8 Å². The number of nitrogens with zero attached hydrogens (tertiary/aromatic N) is 3. The van der Waals surface area contributed by atoms with E-state index < -0.39 is 5.82 Å². The van der Waals surface area contributed by atoms with Crippen LogP contribution in [0.2, 0.25) is 0 Å². The highest BCUT2D eigenvalue weighted by molar-refractivity contribution is 5.93. The molecule has 1 amide bonds. The molecule has 1 aliphatic heterocycles. The fourth-order valence-electron chi connectivity index (χ4n) is 2.83. The molecule has 0 unspecified atom stereocenters. The Hall–Kier alpha value is -3.56. The molecule has 3 heterocycles. The Morgan fingerprint density at radius 3 is 2.81 bits per heavy atom. The number of amides is 1. The summed E-state index contributed by atoms with van der Waals surface area (Å²) < 4.78 is 26.6. The van der Waals surface area contributed by atoms with Gasteiger partial charge in [-0.1, -0.05) is 0 Å². The molecule has 0 saturated heterocycles. The zero-order valence-electron chi connectivity index (χ0n) is 14.7. The highest BCUT2D eigenvalue weighted by atomic mass is 19.1. The lowest BCUT2D eigenvalue weighted by Gasteiger charge is -2.21. The van der Waals surface area contributed by atoms with Gasteiger partial charge in [0.05, 0.1) is 11.9 Å². The Morgan fingerprint density at radius 2 is 2.04 bits per heavy atom. The Bertz CT molecular complexity index is 1040. The van der Waals surface area contributed by atoms with Gasteiger partial charge in [0.25, 0.3) is 0 Å². The molecule has 4 rings (SSSR count). The molecule has 9 nitrogen and oxygen atoms in total. The molecule has 3 N–H and O–H groups in total. The number of anilines is 4. The summed E-state index contributed by atoms with van der Waals surface area (Å²) in [6, 6.07) is 4.29. The number of ether oxygens (including phenoxy) is 2. The summed E-state index contributed by atoms with van der Waals surface area (Å²) >= 11 is 0. The molecule has 1 aliphatic rings. The number of halogens is 1. The van der Waals surface area contributed by atoms with E-state index in [1.165, 1.54) is 25.3 Å². The second-order valence-corrected chi connectivity index (χ2v) is 5.85. The van der Waals surface area contributed by atoms with E-state index in [0.717, 1.165) is 0 Å². The van der Waals surface area contributed by atoms with Gasteiger partial charge in [-0.15, -0.1) is 0 Å². The van der Waals surface area contributed by atoms with E-state index in [4.69, 9.17) is 9.47 Å². The van der Waals surface area contributed by atoms with Crippen molar-refractivity contribution in [1.82, 2.24) is 14.6 Å². The van der Waals surface area contributed by atoms with Crippen LogP contribution in [0.15, 0.2) is 24.4 Å². The van der Waals surface area contributed by atoms with Gasteiger partial charge in [0.1, 0.15) is 36.4 Å². The van der Waals surface area contributed by atoms with Crippen molar-refractivity contribution in [1.29, 1.82) is 0 Å². The Labute approximate surface area is 153 Å². The van der Waals surface area contributed by atoms with Gasteiger partial charge in [0.15, 0.2) is 17.1 Å². The van der Waals surface area contributed by atoms with Gasteiger partial charge in [0, 0.05) is 32.2 Å². The lowest BCUT2D eigenvalue weighted by atomic mass is 10.2. The molecule has 3 aromatic rings. The maximum atomic E-state index is 13.9. The molecular weight excluding hydrogens is 355 g/mol. The van der Waals surface area contributed by atoms with Crippen LogP contribution in [0.1, 0.15) is 6.92 Å². The molecular formula is C17H17FN6O3. The zero-order valence-corrected chi connectivity index (χ0v) is 14.7. The smallest absolute Gasteiger partial charge is 0.221 e. The molecule has 0 fully saturated rings. The van der Waals surface area contributed by atoms with Crippen LogP contribution in [0.25, 0.3) is 5.65 Å². The van der Waals surface area contributed by atoms with Crippen molar-refractivity contribution in [2.24, 2.45) is 0 Å². The summed E-state index contributed by atoms with van der Waals surface area (Å²) in [5, 5.41) is 13.0. The van der Waals surface area contributed by atoms with Crippen molar-refractivity contribution < 1.29 is 18.7 Å². The van der Waals surface area contributed by atoms with E-state index in [2.05, 4.69) is 26.0 Å². The largest absolute Gasteiger partial charge is 0.486 e. The van der Waals surface area contributed by atoms with Crippen LogP contribution in [-0.2, 0) is 4.79 Å². The maximum Gasteiger partial charge on any atom is 0.221 e. The predicted octanol–water partition coefficient (Wildman–Crippen LogP) is 2.38. The molecule has 0 radical (unpaired) electrons. The van der Waals surface area contributed by atoms with Crippen molar-refractivity contribution in [2.75, 3.05) is 36.2 Å². The van der Waals surface area contributed by atoms with Crippen molar-refractivity contribution in [3.8, 4) is 11.5 Å². The summed E-state index contributed by atoms with van der Waals surface area (Å²) in [6.07, 6.45) is 1.51. The van der Waals surface area contributed by atoms with E-state index >= 15 is 0 Å². The molecule has 1 aromatic carbocycles. The van der Waals surface area contributed by atoms with Crippen molar-refractivity contribution in [3.63, 3.8) is 0 Å². The van der Waals surface area contributed by atoms with Crippen LogP contribution < -0.4 is 25.4 Å². The molecule has 0 saturated carbocycles. The number of aromatic nitrogens is 3. The number of rotatable bonds is 4. The third-order valence-electron chi connectivity index (χ3n) is 3.91. The lowest BCUT2D eigenvalue weighted by Crippen LogP contribution is -2.16. The first-order valence-electron chi connectivity index (χ1n) is 8.25. The summed E-state index contributed by atoms with van der Waals surface area (Å²) in [4.78, 5) is 15.9. The van der Waals surface area contributed by atoms with E-state index in [1.807, 2.05) is 0 Å².